The normalized spacial score (nSPS) is 26.4. The van der Waals surface area contributed by atoms with E-state index in [1.807, 2.05) is 0 Å². The maximum absolute atomic E-state index is 13.8. The molecular weight excluding hydrogens is 255 g/mol. The molecule has 0 spiro atoms. The lowest BCUT2D eigenvalue weighted by atomic mass is 9.97. The number of halogens is 1. The molecule has 3 N–H and O–H groups in total. The quantitative estimate of drug-likeness (QED) is 0.752. The number of ether oxygens (including phenoxy) is 1. The van der Waals surface area contributed by atoms with Gasteiger partial charge in [0.1, 0.15) is 11.2 Å². The molecule has 0 aromatic carbocycles. The van der Waals surface area contributed by atoms with Crippen LogP contribution in [0.5, 0.6) is 0 Å². The Kier molecular flexibility index (Phi) is 3.68. The molecule has 1 saturated heterocycles. The van der Waals surface area contributed by atoms with Gasteiger partial charge in [-0.3, -0.25) is 0 Å². The van der Waals surface area contributed by atoms with Crippen molar-refractivity contribution >= 4 is 11.8 Å². The van der Waals surface area contributed by atoms with Gasteiger partial charge in [0, 0.05) is 25.8 Å². The van der Waals surface area contributed by atoms with E-state index in [9.17, 15) is 14.3 Å². The molecule has 7 heteroatoms. The molecule has 19 heavy (non-hydrogen) atoms. The van der Waals surface area contributed by atoms with Crippen LogP contribution in [0.2, 0.25) is 0 Å². The van der Waals surface area contributed by atoms with Crippen LogP contribution in [0.1, 0.15) is 23.7 Å². The third-order valence-corrected chi connectivity index (χ3v) is 3.34. The summed E-state index contributed by atoms with van der Waals surface area (Å²) in [5.41, 5.74) is -1.56. The second-order valence-corrected chi connectivity index (χ2v) is 4.55. The lowest BCUT2D eigenvalue weighted by molar-refractivity contribution is -0.0176. The molecule has 1 aromatic heterocycles. The molecule has 0 aliphatic carbocycles. The van der Waals surface area contributed by atoms with Gasteiger partial charge in [-0.05, 0) is 13.0 Å². The first-order chi connectivity index (χ1) is 8.94. The summed E-state index contributed by atoms with van der Waals surface area (Å²) in [4.78, 5) is 14.5. The molecule has 0 bridgehead atoms. The number of pyridine rings is 1. The van der Waals surface area contributed by atoms with Gasteiger partial charge in [-0.2, -0.15) is 0 Å². The first-order valence-corrected chi connectivity index (χ1v) is 5.90. The van der Waals surface area contributed by atoms with Crippen LogP contribution >= 0.6 is 0 Å². The minimum atomic E-state index is -1.36. The second kappa shape index (κ2) is 5.10. The standard InChI is InChI=1S/C12H15FN2O4/c1-7-12(18,3-5-19-7)6-15-10-9(13)8(11(16)17)2-4-14-10/h2,4,7,18H,3,5-6H2,1H3,(H,14,15)(H,16,17). The van der Waals surface area contributed by atoms with Crippen LogP contribution in [0.4, 0.5) is 10.2 Å². The fourth-order valence-electron chi connectivity index (χ4n) is 1.97. The number of anilines is 1. The Bertz CT molecular complexity index is 497. The summed E-state index contributed by atoms with van der Waals surface area (Å²) in [6, 6.07) is 1.08. The van der Waals surface area contributed by atoms with E-state index in [0.29, 0.717) is 13.0 Å². The van der Waals surface area contributed by atoms with Crippen LogP contribution in [0, 0.1) is 5.82 Å². The van der Waals surface area contributed by atoms with Gasteiger partial charge in [0.25, 0.3) is 0 Å². The molecule has 2 unspecified atom stereocenters. The van der Waals surface area contributed by atoms with Gasteiger partial charge in [-0.1, -0.05) is 0 Å². The summed E-state index contributed by atoms with van der Waals surface area (Å²) in [5, 5.41) is 21.7. The van der Waals surface area contributed by atoms with E-state index < -0.39 is 23.0 Å². The molecule has 0 amide bonds. The molecule has 1 aromatic rings. The number of rotatable bonds is 4. The Morgan fingerprint density at radius 1 is 1.74 bits per heavy atom. The Labute approximate surface area is 109 Å². The number of carboxylic acid groups (broad SMARTS) is 1. The first-order valence-electron chi connectivity index (χ1n) is 5.90. The van der Waals surface area contributed by atoms with E-state index in [1.54, 1.807) is 6.92 Å². The number of hydrogen-bond acceptors (Lipinski definition) is 5. The molecule has 1 aliphatic heterocycles. The number of carbonyl (C=O) groups is 1. The molecule has 2 rings (SSSR count). The lowest BCUT2D eigenvalue weighted by Crippen LogP contribution is -2.43. The number of carboxylic acids is 1. The van der Waals surface area contributed by atoms with Crippen molar-refractivity contribution in [1.29, 1.82) is 0 Å². The summed E-state index contributed by atoms with van der Waals surface area (Å²) < 4.78 is 19.1. The minimum absolute atomic E-state index is 0.0428. The molecule has 1 aliphatic rings. The topological polar surface area (TPSA) is 91.7 Å². The van der Waals surface area contributed by atoms with Crippen molar-refractivity contribution in [1.82, 2.24) is 4.98 Å². The van der Waals surface area contributed by atoms with Crippen molar-refractivity contribution in [2.24, 2.45) is 0 Å². The Morgan fingerprint density at radius 2 is 2.47 bits per heavy atom. The molecule has 6 nitrogen and oxygen atoms in total. The van der Waals surface area contributed by atoms with Crippen LogP contribution in [0.3, 0.4) is 0 Å². The number of nitrogens with zero attached hydrogens (tertiary/aromatic N) is 1. The van der Waals surface area contributed by atoms with Crippen LogP contribution in [0.15, 0.2) is 12.3 Å². The van der Waals surface area contributed by atoms with Crippen LogP contribution < -0.4 is 5.32 Å². The van der Waals surface area contributed by atoms with Crippen LogP contribution in [-0.4, -0.2) is 46.0 Å². The Morgan fingerprint density at radius 3 is 3.05 bits per heavy atom. The molecule has 2 atom stereocenters. The molecule has 0 saturated carbocycles. The first kappa shape index (κ1) is 13.7. The summed E-state index contributed by atoms with van der Waals surface area (Å²) in [6.45, 7) is 2.21. The zero-order valence-corrected chi connectivity index (χ0v) is 10.4. The van der Waals surface area contributed by atoms with Crippen LogP contribution in [0.25, 0.3) is 0 Å². The number of aromatic nitrogens is 1. The minimum Gasteiger partial charge on any atom is -0.478 e. The van der Waals surface area contributed by atoms with Gasteiger partial charge in [-0.15, -0.1) is 0 Å². The van der Waals surface area contributed by atoms with Crippen molar-refractivity contribution in [2.75, 3.05) is 18.5 Å². The van der Waals surface area contributed by atoms with Gasteiger partial charge in [0.2, 0.25) is 0 Å². The molecule has 0 radical (unpaired) electrons. The fourth-order valence-corrected chi connectivity index (χ4v) is 1.97. The molecule has 2 heterocycles. The van der Waals surface area contributed by atoms with Gasteiger partial charge >= 0.3 is 5.97 Å². The highest BCUT2D eigenvalue weighted by Crippen LogP contribution is 2.26. The summed E-state index contributed by atoms with van der Waals surface area (Å²) in [7, 11) is 0. The van der Waals surface area contributed by atoms with E-state index in [2.05, 4.69) is 10.3 Å². The SMILES string of the molecule is CC1OCCC1(O)CNc1nccc(C(=O)O)c1F. The van der Waals surface area contributed by atoms with Gasteiger partial charge in [-0.25, -0.2) is 14.2 Å². The average Bonchev–Trinajstić information content (AvgIpc) is 2.68. The highest BCUT2D eigenvalue weighted by molar-refractivity contribution is 5.88. The number of aliphatic hydroxyl groups is 1. The van der Waals surface area contributed by atoms with Gasteiger partial charge in [0.05, 0.1) is 6.10 Å². The monoisotopic (exact) mass is 270 g/mol. The maximum atomic E-state index is 13.8. The molecule has 1 fully saturated rings. The van der Waals surface area contributed by atoms with Gasteiger partial charge < -0.3 is 20.3 Å². The average molecular weight is 270 g/mol. The zero-order chi connectivity index (χ0) is 14.0. The predicted octanol–water partition coefficient (Wildman–Crippen LogP) is 0.871. The van der Waals surface area contributed by atoms with Gasteiger partial charge in [0.15, 0.2) is 11.6 Å². The van der Waals surface area contributed by atoms with Crippen molar-refractivity contribution in [3.63, 3.8) is 0 Å². The largest absolute Gasteiger partial charge is 0.478 e. The fraction of sp³-hybridized carbons (Fsp3) is 0.500. The smallest absolute Gasteiger partial charge is 0.338 e. The highest BCUT2D eigenvalue weighted by atomic mass is 19.1. The highest BCUT2D eigenvalue weighted by Gasteiger charge is 2.39. The molecule has 104 valence electrons. The number of aromatic carboxylic acids is 1. The van der Waals surface area contributed by atoms with E-state index in [4.69, 9.17) is 9.84 Å². The third kappa shape index (κ3) is 2.66. The van der Waals surface area contributed by atoms with Crippen molar-refractivity contribution in [3.8, 4) is 0 Å². The zero-order valence-electron chi connectivity index (χ0n) is 10.4. The van der Waals surface area contributed by atoms with Crippen molar-refractivity contribution < 1.29 is 24.1 Å². The predicted molar refractivity (Wildman–Crippen MR) is 64.6 cm³/mol. The summed E-state index contributed by atoms with van der Waals surface area (Å²) in [6.07, 6.45) is 1.26. The summed E-state index contributed by atoms with van der Waals surface area (Å²) in [5.74, 6) is -2.49. The van der Waals surface area contributed by atoms with E-state index in [0.717, 1.165) is 6.07 Å². The Hall–Kier alpha value is -1.73. The number of hydrogen-bond donors (Lipinski definition) is 3. The third-order valence-electron chi connectivity index (χ3n) is 3.34. The van der Waals surface area contributed by atoms with E-state index >= 15 is 0 Å². The summed E-state index contributed by atoms with van der Waals surface area (Å²) >= 11 is 0. The lowest BCUT2D eigenvalue weighted by Gasteiger charge is -2.26. The van der Waals surface area contributed by atoms with E-state index in [-0.39, 0.29) is 18.5 Å². The Balaban J connectivity index is 2.12. The van der Waals surface area contributed by atoms with Crippen molar-refractivity contribution in [2.45, 2.75) is 25.0 Å². The second-order valence-electron chi connectivity index (χ2n) is 4.55. The number of nitrogens with one attached hydrogen (secondary N) is 1. The maximum Gasteiger partial charge on any atom is 0.338 e. The molecular formula is C12H15FN2O4. The van der Waals surface area contributed by atoms with Crippen LogP contribution in [-0.2, 0) is 4.74 Å². The van der Waals surface area contributed by atoms with Crippen molar-refractivity contribution in [3.05, 3.63) is 23.6 Å². The van der Waals surface area contributed by atoms with E-state index in [1.165, 1.54) is 6.20 Å².